The van der Waals surface area contributed by atoms with Gasteiger partial charge in [0.1, 0.15) is 11.6 Å². The summed E-state index contributed by atoms with van der Waals surface area (Å²) in [5.74, 6) is 0.577. The lowest BCUT2D eigenvalue weighted by molar-refractivity contribution is 0.243. The smallest absolute Gasteiger partial charge is 0.150 e. The number of fused-ring (bicyclic) bond motifs is 5. The molecule has 2 aliphatic rings. The van der Waals surface area contributed by atoms with E-state index in [-0.39, 0.29) is 17.5 Å². The molecule has 140 valence electrons. The Labute approximate surface area is 164 Å². The van der Waals surface area contributed by atoms with Crippen molar-refractivity contribution < 1.29 is 9.13 Å². The second-order valence-electron chi connectivity index (χ2n) is 8.17. The maximum absolute atomic E-state index is 14.0. The molecule has 0 spiro atoms. The third-order valence-corrected chi connectivity index (χ3v) is 5.51. The molecule has 28 heavy (non-hydrogen) atoms. The number of rotatable bonds is 1. The predicted octanol–water partition coefficient (Wildman–Crippen LogP) is 6.58. The molecule has 0 bridgehead atoms. The molecule has 1 N–H and O–H groups in total. The molecule has 2 heterocycles. The molecule has 1 atom stereocenters. The summed E-state index contributed by atoms with van der Waals surface area (Å²) in [4.78, 5) is 0. The van der Waals surface area contributed by atoms with E-state index in [1.807, 2.05) is 24.3 Å². The number of hydrogen-bond donors (Lipinski definition) is 1. The van der Waals surface area contributed by atoms with E-state index in [1.54, 1.807) is 12.1 Å². The minimum Gasteiger partial charge on any atom is -0.480 e. The van der Waals surface area contributed by atoms with Gasteiger partial charge in [-0.15, -0.1) is 0 Å². The summed E-state index contributed by atoms with van der Waals surface area (Å²) in [6.45, 7) is 6.47. The van der Waals surface area contributed by atoms with Crippen molar-refractivity contribution >= 4 is 11.3 Å². The summed E-state index contributed by atoms with van der Waals surface area (Å²) in [5, 5.41) is 3.62. The van der Waals surface area contributed by atoms with Gasteiger partial charge in [0.15, 0.2) is 6.10 Å². The van der Waals surface area contributed by atoms with Crippen molar-refractivity contribution in [1.29, 1.82) is 0 Å². The zero-order valence-electron chi connectivity index (χ0n) is 16.2. The molecule has 3 heteroatoms. The van der Waals surface area contributed by atoms with Crippen LogP contribution in [0.3, 0.4) is 0 Å². The lowest BCUT2D eigenvalue weighted by Gasteiger charge is -2.37. The molecule has 2 nitrogen and oxygen atoms in total. The quantitative estimate of drug-likeness (QED) is 0.521. The standard InChI is InChI=1S/C25H22FNO/c1-15-14-25(2,3)27-20-12-11-19-18-9-4-5-10-21(18)28-24(23(19)22(15)20)16-7-6-8-17(26)13-16/h4-14,24,27H,1-3H3/t24-/m0/s1. The van der Waals surface area contributed by atoms with Gasteiger partial charge < -0.3 is 10.1 Å². The number of para-hydroxylation sites is 1. The maximum atomic E-state index is 14.0. The normalized spacial score (nSPS) is 18.7. The van der Waals surface area contributed by atoms with Gasteiger partial charge in [-0.25, -0.2) is 4.39 Å². The summed E-state index contributed by atoms with van der Waals surface area (Å²) in [6.07, 6.45) is 1.89. The highest BCUT2D eigenvalue weighted by molar-refractivity contribution is 5.90. The number of anilines is 1. The third-order valence-electron chi connectivity index (χ3n) is 5.51. The molecule has 0 radical (unpaired) electrons. The lowest BCUT2D eigenvalue weighted by Crippen LogP contribution is -2.32. The van der Waals surface area contributed by atoms with E-state index < -0.39 is 0 Å². The van der Waals surface area contributed by atoms with Crippen molar-refractivity contribution in [1.82, 2.24) is 0 Å². The highest BCUT2D eigenvalue weighted by Crippen LogP contribution is 2.50. The molecular formula is C25H22FNO. The molecule has 0 aromatic heterocycles. The largest absolute Gasteiger partial charge is 0.480 e. The first-order chi connectivity index (χ1) is 13.4. The van der Waals surface area contributed by atoms with Crippen molar-refractivity contribution in [2.45, 2.75) is 32.4 Å². The van der Waals surface area contributed by atoms with E-state index in [4.69, 9.17) is 4.74 Å². The van der Waals surface area contributed by atoms with Gasteiger partial charge in [-0.3, -0.25) is 0 Å². The number of halogens is 1. The molecule has 3 aromatic carbocycles. The van der Waals surface area contributed by atoms with Gasteiger partial charge in [0.05, 0.1) is 5.54 Å². The van der Waals surface area contributed by atoms with Crippen LogP contribution < -0.4 is 10.1 Å². The van der Waals surface area contributed by atoms with Crippen LogP contribution in [0.5, 0.6) is 5.75 Å². The van der Waals surface area contributed by atoms with Crippen LogP contribution in [0.15, 0.2) is 66.7 Å². The number of benzene rings is 3. The van der Waals surface area contributed by atoms with E-state index in [2.05, 4.69) is 50.4 Å². The maximum Gasteiger partial charge on any atom is 0.150 e. The van der Waals surface area contributed by atoms with Crippen molar-refractivity contribution in [2.24, 2.45) is 0 Å². The van der Waals surface area contributed by atoms with Gasteiger partial charge in [0.2, 0.25) is 0 Å². The average molecular weight is 371 g/mol. The molecule has 0 aliphatic carbocycles. The zero-order chi connectivity index (χ0) is 19.5. The van der Waals surface area contributed by atoms with Crippen LogP contribution in [0.2, 0.25) is 0 Å². The number of nitrogens with one attached hydrogen (secondary N) is 1. The van der Waals surface area contributed by atoms with Gasteiger partial charge >= 0.3 is 0 Å². The molecule has 2 aliphatic heterocycles. The first-order valence-electron chi connectivity index (χ1n) is 9.59. The fourth-order valence-corrected chi connectivity index (χ4v) is 4.53. The number of allylic oxidation sites excluding steroid dienone is 1. The first-order valence-corrected chi connectivity index (χ1v) is 9.59. The number of hydrogen-bond acceptors (Lipinski definition) is 2. The van der Waals surface area contributed by atoms with Crippen molar-refractivity contribution in [3.63, 3.8) is 0 Å². The SMILES string of the molecule is CC1=CC(C)(C)Nc2ccc3c(c21)[C@H](c1cccc(F)c1)Oc1ccccc1-3. The Hall–Kier alpha value is -3.07. The Kier molecular flexibility index (Phi) is 3.63. The van der Waals surface area contributed by atoms with E-state index >= 15 is 0 Å². The van der Waals surface area contributed by atoms with Crippen LogP contribution in [0.4, 0.5) is 10.1 Å². The Bertz CT molecular complexity index is 1130. The zero-order valence-corrected chi connectivity index (χ0v) is 16.2. The monoisotopic (exact) mass is 371 g/mol. The Morgan fingerprint density at radius 1 is 0.964 bits per heavy atom. The van der Waals surface area contributed by atoms with Crippen molar-refractivity contribution in [3.8, 4) is 16.9 Å². The highest BCUT2D eigenvalue weighted by atomic mass is 19.1. The van der Waals surface area contributed by atoms with Gasteiger partial charge in [0.25, 0.3) is 0 Å². The molecule has 5 rings (SSSR count). The molecule has 0 fully saturated rings. The minimum absolute atomic E-state index is 0.118. The molecule has 0 saturated heterocycles. The Balaban J connectivity index is 1.81. The van der Waals surface area contributed by atoms with Crippen LogP contribution in [0.1, 0.15) is 43.6 Å². The minimum atomic E-state index is -0.359. The van der Waals surface area contributed by atoms with E-state index in [0.717, 1.165) is 39.3 Å². The van der Waals surface area contributed by atoms with Crippen molar-refractivity contribution in [2.75, 3.05) is 5.32 Å². The van der Waals surface area contributed by atoms with E-state index in [9.17, 15) is 4.39 Å². The number of ether oxygens (including phenoxy) is 1. The topological polar surface area (TPSA) is 21.3 Å². The fourth-order valence-electron chi connectivity index (χ4n) is 4.53. The summed E-state index contributed by atoms with van der Waals surface area (Å²) in [7, 11) is 0. The van der Waals surface area contributed by atoms with Gasteiger partial charge in [-0.2, -0.15) is 0 Å². The van der Waals surface area contributed by atoms with Crippen LogP contribution in [-0.2, 0) is 0 Å². The average Bonchev–Trinajstić information content (AvgIpc) is 2.65. The summed E-state index contributed by atoms with van der Waals surface area (Å²) >= 11 is 0. The van der Waals surface area contributed by atoms with Crippen molar-refractivity contribution in [3.05, 3.63) is 89.2 Å². The van der Waals surface area contributed by atoms with Crippen LogP contribution in [0, 0.1) is 5.82 Å². The van der Waals surface area contributed by atoms with E-state index in [1.165, 1.54) is 11.6 Å². The molecule has 3 aromatic rings. The van der Waals surface area contributed by atoms with Crippen LogP contribution in [-0.4, -0.2) is 5.54 Å². The first kappa shape index (κ1) is 17.1. The molecule has 0 amide bonds. The summed E-state index contributed by atoms with van der Waals surface area (Å²) in [6, 6.07) is 19.1. The second-order valence-corrected chi connectivity index (χ2v) is 8.17. The molecular weight excluding hydrogens is 349 g/mol. The predicted molar refractivity (Wildman–Crippen MR) is 112 cm³/mol. The molecule has 0 unspecified atom stereocenters. The second kappa shape index (κ2) is 5.96. The van der Waals surface area contributed by atoms with Gasteiger partial charge in [0, 0.05) is 22.4 Å². The highest BCUT2D eigenvalue weighted by Gasteiger charge is 2.34. The summed E-state index contributed by atoms with van der Waals surface area (Å²) < 4.78 is 20.5. The Morgan fingerprint density at radius 2 is 1.79 bits per heavy atom. The molecule has 0 saturated carbocycles. The van der Waals surface area contributed by atoms with Crippen LogP contribution in [0.25, 0.3) is 16.7 Å². The van der Waals surface area contributed by atoms with Gasteiger partial charge in [-0.05, 0) is 61.7 Å². The van der Waals surface area contributed by atoms with E-state index in [0.29, 0.717) is 0 Å². The summed E-state index contributed by atoms with van der Waals surface area (Å²) in [5.41, 5.74) is 7.47. The Morgan fingerprint density at radius 3 is 2.61 bits per heavy atom. The van der Waals surface area contributed by atoms with Gasteiger partial charge in [-0.1, -0.05) is 42.5 Å². The lowest BCUT2D eigenvalue weighted by atomic mass is 9.80. The fraction of sp³-hybridized carbons (Fsp3) is 0.200. The van der Waals surface area contributed by atoms with Crippen LogP contribution >= 0.6 is 0 Å². The third kappa shape index (κ3) is 2.62.